The Kier molecular flexibility index (Phi) is 5.93. The van der Waals surface area contributed by atoms with E-state index in [0.29, 0.717) is 31.2 Å². The molecule has 0 spiro atoms. The van der Waals surface area contributed by atoms with Crippen LogP contribution >= 0.6 is 0 Å². The predicted octanol–water partition coefficient (Wildman–Crippen LogP) is 2.44. The summed E-state index contributed by atoms with van der Waals surface area (Å²) in [5, 5.41) is 14.1. The monoisotopic (exact) mass is 254 g/mol. The average Bonchev–Trinajstić information content (AvgIpc) is 2.35. The maximum absolute atomic E-state index is 11.1. The molecule has 0 saturated carbocycles. The van der Waals surface area contributed by atoms with Crippen molar-refractivity contribution >= 4 is 11.4 Å². The highest BCUT2D eigenvalue weighted by atomic mass is 16.6. The van der Waals surface area contributed by atoms with Gasteiger partial charge in [-0.15, -0.1) is 0 Å². The molecule has 0 aliphatic carbocycles. The first-order valence-electron chi connectivity index (χ1n) is 5.83. The van der Waals surface area contributed by atoms with E-state index in [-0.39, 0.29) is 5.69 Å². The van der Waals surface area contributed by atoms with Crippen molar-refractivity contribution in [1.82, 2.24) is 0 Å². The highest BCUT2D eigenvalue weighted by Crippen LogP contribution is 2.34. The number of anilines is 1. The van der Waals surface area contributed by atoms with Gasteiger partial charge in [-0.3, -0.25) is 10.1 Å². The van der Waals surface area contributed by atoms with E-state index in [1.807, 2.05) is 0 Å². The molecule has 0 aliphatic heterocycles. The van der Waals surface area contributed by atoms with Crippen molar-refractivity contribution in [3.8, 4) is 5.75 Å². The standard InChI is InChI=1S/C12H18N2O4/c1-3-18-11-7-4-6-10(12(11)14(15)16)13-8-5-9-17-2/h4,6-7,13H,3,5,8-9H2,1-2H3. The molecule has 100 valence electrons. The summed E-state index contributed by atoms with van der Waals surface area (Å²) in [6.07, 6.45) is 0.784. The number of para-hydroxylation sites is 1. The predicted molar refractivity (Wildman–Crippen MR) is 69.2 cm³/mol. The number of methoxy groups -OCH3 is 1. The van der Waals surface area contributed by atoms with Gasteiger partial charge in [0.1, 0.15) is 5.69 Å². The van der Waals surface area contributed by atoms with Crippen LogP contribution in [0.15, 0.2) is 18.2 Å². The van der Waals surface area contributed by atoms with Crippen molar-refractivity contribution in [2.45, 2.75) is 13.3 Å². The zero-order valence-electron chi connectivity index (χ0n) is 10.6. The fourth-order valence-electron chi connectivity index (χ4n) is 1.56. The summed E-state index contributed by atoms with van der Waals surface area (Å²) in [7, 11) is 1.62. The van der Waals surface area contributed by atoms with Crippen LogP contribution in [0.5, 0.6) is 5.75 Å². The third-order valence-electron chi connectivity index (χ3n) is 2.32. The number of benzene rings is 1. The zero-order chi connectivity index (χ0) is 13.4. The maximum atomic E-state index is 11.1. The minimum absolute atomic E-state index is 0.0169. The van der Waals surface area contributed by atoms with E-state index in [1.54, 1.807) is 32.2 Å². The lowest BCUT2D eigenvalue weighted by molar-refractivity contribution is -0.384. The van der Waals surface area contributed by atoms with E-state index < -0.39 is 4.92 Å². The van der Waals surface area contributed by atoms with Crippen molar-refractivity contribution < 1.29 is 14.4 Å². The highest BCUT2D eigenvalue weighted by molar-refractivity contribution is 5.68. The van der Waals surface area contributed by atoms with E-state index >= 15 is 0 Å². The summed E-state index contributed by atoms with van der Waals surface area (Å²) in [5.74, 6) is 0.291. The molecule has 0 atom stereocenters. The second kappa shape index (κ2) is 7.50. The highest BCUT2D eigenvalue weighted by Gasteiger charge is 2.20. The van der Waals surface area contributed by atoms with Gasteiger partial charge in [0.05, 0.1) is 11.5 Å². The first kappa shape index (κ1) is 14.2. The maximum Gasteiger partial charge on any atom is 0.333 e. The minimum atomic E-state index is -0.427. The Bertz CT molecular complexity index is 396. The Morgan fingerprint density at radius 3 is 2.83 bits per heavy atom. The Morgan fingerprint density at radius 1 is 1.44 bits per heavy atom. The molecule has 0 aliphatic rings. The number of hydrogen-bond donors (Lipinski definition) is 1. The molecule has 1 aromatic carbocycles. The van der Waals surface area contributed by atoms with Crippen LogP contribution in [-0.4, -0.2) is 31.8 Å². The second-order valence-electron chi connectivity index (χ2n) is 3.62. The molecule has 1 aromatic rings. The van der Waals surface area contributed by atoms with Crippen molar-refractivity contribution in [2.24, 2.45) is 0 Å². The van der Waals surface area contributed by atoms with Gasteiger partial charge in [0.25, 0.3) is 0 Å². The van der Waals surface area contributed by atoms with Gasteiger partial charge in [-0.05, 0) is 25.5 Å². The van der Waals surface area contributed by atoms with Gasteiger partial charge in [0, 0.05) is 20.3 Å². The van der Waals surface area contributed by atoms with Crippen LogP contribution < -0.4 is 10.1 Å². The molecule has 0 heterocycles. The summed E-state index contributed by atoms with van der Waals surface area (Å²) < 4.78 is 10.2. The van der Waals surface area contributed by atoms with Crippen LogP contribution in [0.4, 0.5) is 11.4 Å². The third-order valence-corrected chi connectivity index (χ3v) is 2.32. The molecule has 1 N–H and O–H groups in total. The molecule has 6 heteroatoms. The number of ether oxygens (including phenoxy) is 2. The summed E-state index contributed by atoms with van der Waals surface area (Å²) in [6.45, 7) is 3.42. The van der Waals surface area contributed by atoms with Gasteiger partial charge in [0.2, 0.25) is 0 Å². The first-order chi connectivity index (χ1) is 8.70. The number of nitrogens with one attached hydrogen (secondary N) is 1. The zero-order valence-corrected chi connectivity index (χ0v) is 10.6. The lowest BCUT2D eigenvalue weighted by atomic mass is 10.2. The number of nitro benzene ring substituents is 1. The number of rotatable bonds is 8. The number of nitro groups is 1. The van der Waals surface area contributed by atoms with E-state index in [4.69, 9.17) is 9.47 Å². The van der Waals surface area contributed by atoms with Crippen molar-refractivity contribution in [2.75, 3.05) is 32.2 Å². The molecule has 0 bridgehead atoms. The van der Waals surface area contributed by atoms with E-state index in [1.165, 1.54) is 0 Å². The van der Waals surface area contributed by atoms with Gasteiger partial charge in [-0.2, -0.15) is 0 Å². The van der Waals surface area contributed by atoms with Crippen molar-refractivity contribution in [3.05, 3.63) is 28.3 Å². The first-order valence-corrected chi connectivity index (χ1v) is 5.83. The number of nitrogens with zero attached hydrogens (tertiary/aromatic N) is 1. The third kappa shape index (κ3) is 3.89. The van der Waals surface area contributed by atoms with Crippen LogP contribution in [0, 0.1) is 10.1 Å². The Labute approximate surface area is 106 Å². The molecule has 0 aromatic heterocycles. The molecule has 0 amide bonds. The van der Waals surface area contributed by atoms with Crippen molar-refractivity contribution in [1.29, 1.82) is 0 Å². The van der Waals surface area contributed by atoms with E-state index in [0.717, 1.165) is 6.42 Å². The van der Waals surface area contributed by atoms with E-state index in [9.17, 15) is 10.1 Å². The molecule has 0 fully saturated rings. The molecule has 1 rings (SSSR count). The fraction of sp³-hybridized carbons (Fsp3) is 0.500. The fourth-order valence-corrected chi connectivity index (χ4v) is 1.56. The molecule has 0 saturated heterocycles. The lowest BCUT2D eigenvalue weighted by Crippen LogP contribution is -2.07. The number of hydrogen-bond acceptors (Lipinski definition) is 5. The largest absolute Gasteiger partial charge is 0.487 e. The average molecular weight is 254 g/mol. The van der Waals surface area contributed by atoms with Gasteiger partial charge >= 0.3 is 5.69 Å². The van der Waals surface area contributed by atoms with Crippen LogP contribution in [0.25, 0.3) is 0 Å². The normalized spacial score (nSPS) is 10.1. The van der Waals surface area contributed by atoms with Crippen LogP contribution in [0.3, 0.4) is 0 Å². The van der Waals surface area contributed by atoms with Gasteiger partial charge in [-0.25, -0.2) is 0 Å². The van der Waals surface area contributed by atoms with Gasteiger partial charge in [0.15, 0.2) is 5.75 Å². The molecule has 0 radical (unpaired) electrons. The molecule has 0 unspecified atom stereocenters. The van der Waals surface area contributed by atoms with Crippen LogP contribution in [0.2, 0.25) is 0 Å². The smallest absolute Gasteiger partial charge is 0.333 e. The second-order valence-corrected chi connectivity index (χ2v) is 3.62. The van der Waals surface area contributed by atoms with Gasteiger partial charge in [-0.1, -0.05) is 6.07 Å². The summed E-state index contributed by atoms with van der Waals surface area (Å²) in [6, 6.07) is 5.01. The summed E-state index contributed by atoms with van der Waals surface area (Å²) in [5.41, 5.74) is 0.457. The molecule has 6 nitrogen and oxygen atoms in total. The topological polar surface area (TPSA) is 73.6 Å². The van der Waals surface area contributed by atoms with E-state index in [2.05, 4.69) is 5.32 Å². The Morgan fingerprint density at radius 2 is 2.22 bits per heavy atom. The quantitative estimate of drug-likeness (QED) is 0.438. The molecule has 18 heavy (non-hydrogen) atoms. The Balaban J connectivity index is 2.82. The minimum Gasteiger partial charge on any atom is -0.487 e. The molecular formula is C12H18N2O4. The lowest BCUT2D eigenvalue weighted by Gasteiger charge is -2.10. The van der Waals surface area contributed by atoms with Crippen molar-refractivity contribution in [3.63, 3.8) is 0 Å². The van der Waals surface area contributed by atoms with Gasteiger partial charge < -0.3 is 14.8 Å². The van der Waals surface area contributed by atoms with Crippen LogP contribution in [-0.2, 0) is 4.74 Å². The SMILES string of the molecule is CCOc1cccc(NCCCOC)c1[N+](=O)[O-]. The van der Waals surface area contributed by atoms with Crippen LogP contribution in [0.1, 0.15) is 13.3 Å². The molecular weight excluding hydrogens is 236 g/mol. The summed E-state index contributed by atoms with van der Waals surface area (Å²) in [4.78, 5) is 10.6. The summed E-state index contributed by atoms with van der Waals surface area (Å²) >= 11 is 0. The Hall–Kier alpha value is -1.82.